The Balaban J connectivity index is 1.27. The highest BCUT2D eigenvalue weighted by Gasteiger charge is 2.26. The Bertz CT molecular complexity index is 1080. The summed E-state index contributed by atoms with van der Waals surface area (Å²) in [6.45, 7) is 4.43. The van der Waals surface area contributed by atoms with Gasteiger partial charge < -0.3 is 19.3 Å². The first-order valence-corrected chi connectivity index (χ1v) is 10.1. The molecule has 0 bridgehead atoms. The second kappa shape index (κ2) is 7.54. The summed E-state index contributed by atoms with van der Waals surface area (Å²) in [5, 5.41) is 1.19. The average molecular weight is 411 g/mol. The molecule has 1 saturated heterocycles. The number of aromatic nitrogens is 1. The van der Waals surface area contributed by atoms with Crippen LogP contribution in [-0.4, -0.2) is 48.8 Å². The van der Waals surface area contributed by atoms with Gasteiger partial charge in [-0.3, -0.25) is 4.79 Å². The number of ether oxygens (including phenoxy) is 2. The predicted molar refractivity (Wildman–Crippen MR) is 110 cm³/mol. The molecule has 1 fully saturated rings. The van der Waals surface area contributed by atoms with Crippen molar-refractivity contribution in [3.05, 3.63) is 64.8 Å². The molecule has 5 rings (SSSR count). The first-order chi connectivity index (χ1) is 14.2. The smallest absolute Gasteiger partial charge is 0.255 e. The number of pyridine rings is 1. The van der Waals surface area contributed by atoms with Crippen LogP contribution in [0.4, 0.5) is 0 Å². The summed E-state index contributed by atoms with van der Waals surface area (Å²) in [5.74, 6) is 1.65. The maximum atomic E-state index is 13.2. The molecule has 0 spiro atoms. The predicted octanol–water partition coefficient (Wildman–Crippen LogP) is 2.16. The SMILES string of the molecule is O=C(c1cc(Cl)nc2ccccc12)N1CC[NH+](Cc2ccc3c(c2)OCO3)CC1. The fourth-order valence-corrected chi connectivity index (χ4v) is 4.23. The van der Waals surface area contributed by atoms with E-state index < -0.39 is 0 Å². The summed E-state index contributed by atoms with van der Waals surface area (Å²) in [6.07, 6.45) is 0. The number of carbonyl (C=O) groups excluding carboxylic acids is 1. The molecule has 2 aliphatic heterocycles. The largest absolute Gasteiger partial charge is 0.454 e. The van der Waals surface area contributed by atoms with Crippen LogP contribution in [0.25, 0.3) is 10.9 Å². The van der Waals surface area contributed by atoms with Crippen molar-refractivity contribution < 1.29 is 19.2 Å². The number of quaternary nitrogens is 1. The number of nitrogens with one attached hydrogen (secondary N) is 1. The number of hydrogen-bond donors (Lipinski definition) is 1. The van der Waals surface area contributed by atoms with Gasteiger partial charge in [0.25, 0.3) is 5.91 Å². The lowest BCUT2D eigenvalue weighted by Crippen LogP contribution is -3.13. The van der Waals surface area contributed by atoms with Gasteiger partial charge in [0.1, 0.15) is 11.7 Å². The molecule has 6 nitrogen and oxygen atoms in total. The van der Waals surface area contributed by atoms with Crippen LogP contribution < -0.4 is 14.4 Å². The topological polar surface area (TPSA) is 56.1 Å². The van der Waals surface area contributed by atoms with Crippen LogP contribution in [0.15, 0.2) is 48.5 Å². The Labute approximate surface area is 173 Å². The Morgan fingerprint density at radius 1 is 1.07 bits per heavy atom. The normalized spacial score (nSPS) is 16.4. The average Bonchev–Trinajstić information content (AvgIpc) is 3.21. The van der Waals surface area contributed by atoms with E-state index in [1.807, 2.05) is 35.2 Å². The number of benzene rings is 2. The lowest BCUT2D eigenvalue weighted by atomic mass is 10.1. The summed E-state index contributed by atoms with van der Waals surface area (Å²) in [5.41, 5.74) is 2.59. The maximum absolute atomic E-state index is 13.2. The molecule has 3 heterocycles. The minimum Gasteiger partial charge on any atom is -0.454 e. The highest BCUT2D eigenvalue weighted by Crippen LogP contribution is 2.32. The second-order valence-electron chi connectivity index (χ2n) is 7.42. The van der Waals surface area contributed by atoms with Gasteiger partial charge in [-0.2, -0.15) is 0 Å². The van der Waals surface area contributed by atoms with E-state index in [9.17, 15) is 4.79 Å². The standard InChI is InChI=1S/C22H20ClN3O3/c23-21-12-17(16-3-1-2-4-18(16)24-21)22(27)26-9-7-25(8-10-26)13-15-5-6-19-20(11-15)29-14-28-19/h1-6,11-12H,7-10,13-14H2/p+1. The quantitative estimate of drug-likeness (QED) is 0.672. The maximum Gasteiger partial charge on any atom is 0.255 e. The third-order valence-corrected chi connectivity index (χ3v) is 5.76. The fraction of sp³-hybridized carbons (Fsp3) is 0.273. The molecule has 1 aromatic heterocycles. The molecule has 0 saturated carbocycles. The first kappa shape index (κ1) is 18.2. The molecule has 2 aromatic carbocycles. The molecule has 1 N–H and O–H groups in total. The van der Waals surface area contributed by atoms with E-state index in [0.717, 1.165) is 42.0 Å². The van der Waals surface area contributed by atoms with E-state index in [-0.39, 0.29) is 5.91 Å². The van der Waals surface area contributed by atoms with Gasteiger partial charge in [-0.05, 0) is 30.3 Å². The zero-order valence-electron chi connectivity index (χ0n) is 15.9. The molecule has 0 radical (unpaired) electrons. The Kier molecular flexibility index (Phi) is 4.73. The van der Waals surface area contributed by atoms with Crippen LogP contribution in [0.5, 0.6) is 11.5 Å². The summed E-state index contributed by atoms with van der Waals surface area (Å²) in [7, 11) is 0. The third kappa shape index (κ3) is 3.61. The minimum atomic E-state index is 0.0210. The van der Waals surface area contributed by atoms with Gasteiger partial charge in [0, 0.05) is 10.9 Å². The number of halogens is 1. The number of hydrogen-bond acceptors (Lipinski definition) is 4. The molecular weight excluding hydrogens is 390 g/mol. The molecule has 3 aromatic rings. The lowest BCUT2D eigenvalue weighted by molar-refractivity contribution is -0.917. The number of para-hydroxylation sites is 1. The second-order valence-corrected chi connectivity index (χ2v) is 7.80. The van der Waals surface area contributed by atoms with E-state index in [1.165, 1.54) is 10.5 Å². The van der Waals surface area contributed by atoms with Crippen molar-refractivity contribution >= 4 is 28.4 Å². The van der Waals surface area contributed by atoms with E-state index in [1.54, 1.807) is 6.07 Å². The van der Waals surface area contributed by atoms with Crippen molar-refractivity contribution in [2.75, 3.05) is 33.0 Å². The number of fused-ring (bicyclic) bond motifs is 2. The van der Waals surface area contributed by atoms with Gasteiger partial charge in [0.15, 0.2) is 11.5 Å². The minimum absolute atomic E-state index is 0.0210. The monoisotopic (exact) mass is 410 g/mol. The van der Waals surface area contributed by atoms with Crippen molar-refractivity contribution in [3.63, 3.8) is 0 Å². The number of piperazine rings is 1. The summed E-state index contributed by atoms with van der Waals surface area (Å²) >= 11 is 6.16. The summed E-state index contributed by atoms with van der Waals surface area (Å²) in [6, 6.07) is 15.4. The van der Waals surface area contributed by atoms with Gasteiger partial charge in [-0.1, -0.05) is 29.8 Å². The number of nitrogens with zero attached hydrogens (tertiary/aromatic N) is 2. The van der Waals surface area contributed by atoms with Crippen LogP contribution in [0.1, 0.15) is 15.9 Å². The molecule has 2 aliphatic rings. The van der Waals surface area contributed by atoms with E-state index >= 15 is 0 Å². The van der Waals surface area contributed by atoms with Crippen LogP contribution in [0, 0.1) is 0 Å². The Morgan fingerprint density at radius 3 is 2.72 bits per heavy atom. The molecule has 0 atom stereocenters. The van der Waals surface area contributed by atoms with Gasteiger partial charge in [-0.15, -0.1) is 0 Å². The molecule has 148 valence electrons. The number of rotatable bonds is 3. The zero-order chi connectivity index (χ0) is 19.8. The number of carbonyl (C=O) groups is 1. The zero-order valence-corrected chi connectivity index (χ0v) is 16.6. The molecule has 0 aliphatic carbocycles. The van der Waals surface area contributed by atoms with Crippen LogP contribution in [0.3, 0.4) is 0 Å². The van der Waals surface area contributed by atoms with Gasteiger partial charge in [-0.25, -0.2) is 4.98 Å². The highest BCUT2D eigenvalue weighted by molar-refractivity contribution is 6.30. The van der Waals surface area contributed by atoms with Crippen molar-refractivity contribution in [2.45, 2.75) is 6.54 Å². The van der Waals surface area contributed by atoms with Crippen LogP contribution in [-0.2, 0) is 6.54 Å². The molecule has 0 unspecified atom stereocenters. The van der Waals surface area contributed by atoms with Crippen molar-refractivity contribution in [1.29, 1.82) is 0 Å². The van der Waals surface area contributed by atoms with Crippen molar-refractivity contribution in [2.24, 2.45) is 0 Å². The summed E-state index contributed by atoms with van der Waals surface area (Å²) < 4.78 is 10.8. The van der Waals surface area contributed by atoms with E-state index in [0.29, 0.717) is 30.6 Å². The third-order valence-electron chi connectivity index (χ3n) is 5.56. The molecular formula is C22H21ClN3O3+. The van der Waals surface area contributed by atoms with Crippen molar-refractivity contribution in [1.82, 2.24) is 9.88 Å². The lowest BCUT2D eigenvalue weighted by Gasteiger charge is -2.32. The highest BCUT2D eigenvalue weighted by atomic mass is 35.5. The van der Waals surface area contributed by atoms with Gasteiger partial charge >= 0.3 is 0 Å². The molecule has 7 heteroatoms. The van der Waals surface area contributed by atoms with Crippen LogP contribution >= 0.6 is 11.6 Å². The van der Waals surface area contributed by atoms with Gasteiger partial charge in [0.05, 0.1) is 37.3 Å². The number of amides is 1. The van der Waals surface area contributed by atoms with Crippen molar-refractivity contribution in [3.8, 4) is 11.5 Å². The van der Waals surface area contributed by atoms with Crippen LogP contribution in [0.2, 0.25) is 5.15 Å². The Morgan fingerprint density at radius 2 is 1.86 bits per heavy atom. The van der Waals surface area contributed by atoms with Gasteiger partial charge in [0.2, 0.25) is 6.79 Å². The molecule has 1 amide bonds. The first-order valence-electron chi connectivity index (χ1n) is 9.74. The fourth-order valence-electron chi connectivity index (χ4n) is 4.03. The Hall–Kier alpha value is -2.83. The van der Waals surface area contributed by atoms with E-state index in [4.69, 9.17) is 21.1 Å². The summed E-state index contributed by atoms with van der Waals surface area (Å²) in [4.78, 5) is 20.8. The molecule has 29 heavy (non-hydrogen) atoms. The van der Waals surface area contributed by atoms with E-state index in [2.05, 4.69) is 17.1 Å².